The van der Waals surface area contributed by atoms with E-state index < -0.39 is 4.92 Å². The number of para-hydroxylation sites is 2. The van der Waals surface area contributed by atoms with Crippen molar-refractivity contribution in [3.05, 3.63) is 64.3 Å². The second-order valence-electron chi connectivity index (χ2n) is 5.59. The van der Waals surface area contributed by atoms with Crippen LogP contribution in [0.1, 0.15) is 5.69 Å². The summed E-state index contributed by atoms with van der Waals surface area (Å²) >= 11 is 0. The van der Waals surface area contributed by atoms with Gasteiger partial charge >= 0.3 is 5.69 Å². The molecule has 0 saturated carbocycles. The molecule has 2 aromatic carbocycles. The van der Waals surface area contributed by atoms with E-state index in [1.54, 1.807) is 36.4 Å². The number of hydrogen-bond acceptors (Lipinski definition) is 8. The van der Waals surface area contributed by atoms with Gasteiger partial charge in [0, 0.05) is 11.8 Å². The lowest BCUT2D eigenvalue weighted by molar-refractivity contribution is -0.385. The van der Waals surface area contributed by atoms with Crippen LogP contribution < -0.4 is 15.4 Å². The maximum atomic E-state index is 11.5. The predicted molar refractivity (Wildman–Crippen MR) is 101 cm³/mol. The van der Waals surface area contributed by atoms with Crippen LogP contribution in [0.2, 0.25) is 0 Å². The van der Waals surface area contributed by atoms with Crippen LogP contribution >= 0.6 is 0 Å². The smallest absolute Gasteiger partial charge is 0.332 e. The Morgan fingerprint density at radius 2 is 1.89 bits per heavy atom. The molecule has 9 nitrogen and oxygen atoms in total. The quantitative estimate of drug-likeness (QED) is 0.443. The molecule has 27 heavy (non-hydrogen) atoms. The lowest BCUT2D eigenvalue weighted by Gasteiger charge is -2.13. The summed E-state index contributed by atoms with van der Waals surface area (Å²) in [6, 6.07) is 13.4. The van der Waals surface area contributed by atoms with Gasteiger partial charge in [0.25, 0.3) is 0 Å². The highest BCUT2D eigenvalue weighted by Crippen LogP contribution is 2.33. The first-order chi connectivity index (χ1) is 13.0. The van der Waals surface area contributed by atoms with Gasteiger partial charge in [0.2, 0.25) is 11.8 Å². The topological polar surface area (TPSA) is 122 Å². The Hall–Kier alpha value is -3.88. The minimum Gasteiger partial charge on any atom is -0.508 e. The number of phenolic OH excluding ortho intramolecular Hbond substituents is 1. The molecule has 0 radical (unpaired) electrons. The monoisotopic (exact) mass is 367 g/mol. The number of aryl methyl sites for hydroxylation is 1. The van der Waals surface area contributed by atoms with E-state index in [0.717, 1.165) is 0 Å². The van der Waals surface area contributed by atoms with E-state index in [1.807, 2.05) is 0 Å². The first-order valence-electron chi connectivity index (χ1n) is 7.97. The zero-order chi connectivity index (χ0) is 19.4. The Balaban J connectivity index is 2.02. The van der Waals surface area contributed by atoms with Crippen molar-refractivity contribution in [2.24, 2.45) is 0 Å². The van der Waals surface area contributed by atoms with E-state index in [4.69, 9.17) is 4.74 Å². The fourth-order valence-corrected chi connectivity index (χ4v) is 2.52. The highest BCUT2D eigenvalue weighted by Gasteiger charge is 2.23. The third-order valence-corrected chi connectivity index (χ3v) is 3.70. The van der Waals surface area contributed by atoms with Crippen molar-refractivity contribution in [2.45, 2.75) is 6.92 Å². The fourth-order valence-electron chi connectivity index (χ4n) is 2.52. The van der Waals surface area contributed by atoms with Crippen LogP contribution in [0.25, 0.3) is 0 Å². The van der Waals surface area contributed by atoms with Gasteiger partial charge in [0.15, 0.2) is 0 Å². The third kappa shape index (κ3) is 4.03. The maximum Gasteiger partial charge on any atom is 0.332 e. The molecule has 3 rings (SSSR count). The molecule has 0 atom stereocenters. The van der Waals surface area contributed by atoms with Gasteiger partial charge in [0.1, 0.15) is 17.2 Å². The number of methoxy groups -OCH3 is 1. The molecule has 3 aromatic rings. The van der Waals surface area contributed by atoms with Gasteiger partial charge in [-0.15, -0.1) is 0 Å². The Morgan fingerprint density at radius 1 is 1.11 bits per heavy atom. The van der Waals surface area contributed by atoms with Crippen LogP contribution in [0.3, 0.4) is 0 Å². The van der Waals surface area contributed by atoms with Gasteiger partial charge in [-0.1, -0.05) is 18.2 Å². The molecule has 0 fully saturated rings. The highest BCUT2D eigenvalue weighted by molar-refractivity contribution is 5.72. The fraction of sp³-hybridized carbons (Fsp3) is 0.111. The average Bonchev–Trinajstić information content (AvgIpc) is 2.61. The van der Waals surface area contributed by atoms with Crippen molar-refractivity contribution in [2.75, 3.05) is 17.7 Å². The number of hydrogen-bond donors (Lipinski definition) is 3. The molecule has 1 heterocycles. The molecular weight excluding hydrogens is 350 g/mol. The number of aromatic nitrogens is 2. The van der Waals surface area contributed by atoms with Gasteiger partial charge < -0.3 is 20.5 Å². The lowest BCUT2D eigenvalue weighted by atomic mass is 10.2. The van der Waals surface area contributed by atoms with Gasteiger partial charge in [0.05, 0.1) is 17.7 Å². The summed E-state index contributed by atoms with van der Waals surface area (Å²) < 4.78 is 5.27. The average molecular weight is 367 g/mol. The van der Waals surface area contributed by atoms with Crippen molar-refractivity contribution in [3.8, 4) is 11.5 Å². The highest BCUT2D eigenvalue weighted by atomic mass is 16.6. The number of benzene rings is 2. The van der Waals surface area contributed by atoms with Crippen LogP contribution in [0.4, 0.5) is 28.8 Å². The molecule has 3 N–H and O–H groups in total. The standard InChI is InChI=1S/C18H17N5O4/c1-11-16(23(25)26)17(21-14-8-3-4-9-15(14)27-2)22-18(19-11)20-12-6-5-7-13(24)10-12/h3-10,24H,1-2H3,(H2,19,20,21,22). The zero-order valence-corrected chi connectivity index (χ0v) is 14.6. The largest absolute Gasteiger partial charge is 0.508 e. The summed E-state index contributed by atoms with van der Waals surface area (Å²) in [5.74, 6) is 0.775. The first-order valence-corrected chi connectivity index (χ1v) is 7.97. The molecular formula is C18H17N5O4. The van der Waals surface area contributed by atoms with Crippen LogP contribution in [-0.2, 0) is 0 Å². The Bertz CT molecular complexity index is 993. The number of ether oxygens (including phenoxy) is 1. The summed E-state index contributed by atoms with van der Waals surface area (Å²) in [5, 5.41) is 27.0. The Morgan fingerprint density at radius 3 is 2.59 bits per heavy atom. The van der Waals surface area contributed by atoms with Crippen molar-refractivity contribution in [1.82, 2.24) is 9.97 Å². The number of phenols is 1. The van der Waals surface area contributed by atoms with Crippen LogP contribution in [0, 0.1) is 17.0 Å². The summed E-state index contributed by atoms with van der Waals surface area (Å²) in [7, 11) is 1.51. The van der Waals surface area contributed by atoms with Crippen LogP contribution in [0.5, 0.6) is 11.5 Å². The van der Waals surface area contributed by atoms with Gasteiger partial charge in [-0.3, -0.25) is 10.1 Å². The molecule has 0 bridgehead atoms. The number of nitro groups is 1. The number of aromatic hydroxyl groups is 1. The number of nitrogens with zero attached hydrogens (tertiary/aromatic N) is 3. The SMILES string of the molecule is COc1ccccc1Nc1nc(Nc2cccc(O)c2)nc(C)c1[N+](=O)[O-]. The molecule has 1 aromatic heterocycles. The molecule has 0 spiro atoms. The van der Waals surface area contributed by atoms with Gasteiger partial charge in [-0.05, 0) is 31.2 Å². The predicted octanol–water partition coefficient (Wildman–Crippen LogP) is 3.89. The van der Waals surface area contributed by atoms with E-state index in [2.05, 4.69) is 20.6 Å². The second-order valence-corrected chi connectivity index (χ2v) is 5.59. The second kappa shape index (κ2) is 7.56. The number of nitrogens with one attached hydrogen (secondary N) is 2. The zero-order valence-electron chi connectivity index (χ0n) is 14.6. The number of anilines is 4. The summed E-state index contributed by atoms with van der Waals surface area (Å²) in [6.07, 6.45) is 0. The summed E-state index contributed by atoms with van der Waals surface area (Å²) in [6.45, 7) is 1.53. The van der Waals surface area contributed by atoms with Crippen molar-refractivity contribution < 1.29 is 14.8 Å². The van der Waals surface area contributed by atoms with Crippen molar-refractivity contribution in [1.29, 1.82) is 0 Å². The lowest BCUT2D eigenvalue weighted by Crippen LogP contribution is -2.07. The van der Waals surface area contributed by atoms with E-state index in [9.17, 15) is 15.2 Å². The van der Waals surface area contributed by atoms with Gasteiger partial charge in [-0.2, -0.15) is 4.98 Å². The van der Waals surface area contributed by atoms with E-state index in [0.29, 0.717) is 17.1 Å². The van der Waals surface area contributed by atoms with Crippen LogP contribution in [0.15, 0.2) is 48.5 Å². The third-order valence-electron chi connectivity index (χ3n) is 3.70. The molecule has 9 heteroatoms. The molecule has 0 unspecified atom stereocenters. The van der Waals surface area contributed by atoms with E-state index >= 15 is 0 Å². The Kier molecular flexibility index (Phi) is 5.02. The van der Waals surface area contributed by atoms with E-state index in [-0.39, 0.29) is 28.9 Å². The molecule has 0 aliphatic carbocycles. The molecule has 0 saturated heterocycles. The molecule has 0 aliphatic rings. The normalized spacial score (nSPS) is 10.3. The summed E-state index contributed by atoms with van der Waals surface area (Å²) in [5.41, 5.74) is 1.04. The summed E-state index contributed by atoms with van der Waals surface area (Å²) in [4.78, 5) is 19.4. The first kappa shape index (κ1) is 17.9. The maximum absolute atomic E-state index is 11.5. The van der Waals surface area contributed by atoms with Crippen LogP contribution in [-0.4, -0.2) is 27.1 Å². The Labute approximate surface area is 154 Å². The number of rotatable bonds is 6. The minimum absolute atomic E-state index is 0.0275. The minimum atomic E-state index is -0.536. The van der Waals surface area contributed by atoms with E-state index in [1.165, 1.54) is 26.2 Å². The molecule has 138 valence electrons. The molecule has 0 amide bonds. The van der Waals surface area contributed by atoms with Crippen molar-refractivity contribution >= 4 is 28.8 Å². The van der Waals surface area contributed by atoms with Gasteiger partial charge in [-0.25, -0.2) is 4.98 Å². The van der Waals surface area contributed by atoms with Crippen molar-refractivity contribution in [3.63, 3.8) is 0 Å². The molecule has 0 aliphatic heterocycles.